The Morgan fingerprint density at radius 2 is 1.72 bits per heavy atom. The van der Waals surface area contributed by atoms with Crippen molar-refractivity contribution >= 4 is 51.2 Å². The van der Waals surface area contributed by atoms with E-state index < -0.39 is 11.8 Å². The van der Waals surface area contributed by atoms with Gasteiger partial charge in [0.15, 0.2) is 5.11 Å². The molecule has 5 nitrogen and oxygen atoms in total. The highest BCUT2D eigenvalue weighted by atomic mass is 79.9. The van der Waals surface area contributed by atoms with Crippen LogP contribution in [-0.2, 0) is 9.59 Å². The molecule has 128 valence electrons. The Morgan fingerprint density at radius 3 is 2.32 bits per heavy atom. The first-order valence-electron chi connectivity index (χ1n) is 7.47. The molecule has 0 unspecified atom stereocenters. The van der Waals surface area contributed by atoms with Gasteiger partial charge in [-0.15, -0.1) is 0 Å². The zero-order valence-electron chi connectivity index (χ0n) is 13.9. The van der Waals surface area contributed by atoms with Gasteiger partial charge in [0.25, 0.3) is 11.8 Å². The van der Waals surface area contributed by atoms with Crippen molar-refractivity contribution in [1.82, 2.24) is 9.80 Å². The van der Waals surface area contributed by atoms with Crippen molar-refractivity contribution in [3.8, 4) is 11.3 Å². The summed E-state index contributed by atoms with van der Waals surface area (Å²) in [7, 11) is 3.08. The second kappa shape index (κ2) is 6.57. The van der Waals surface area contributed by atoms with E-state index in [0.717, 1.165) is 15.6 Å². The minimum absolute atomic E-state index is 0.0162. The lowest BCUT2D eigenvalue weighted by Crippen LogP contribution is -2.52. The lowest BCUT2D eigenvalue weighted by Gasteiger charge is -2.31. The number of amides is 2. The maximum atomic E-state index is 12.3. The van der Waals surface area contributed by atoms with Crippen LogP contribution in [0.3, 0.4) is 0 Å². The molecule has 3 rings (SSSR count). The predicted molar refractivity (Wildman–Crippen MR) is 103 cm³/mol. The summed E-state index contributed by atoms with van der Waals surface area (Å²) in [5.41, 5.74) is 2.04. The molecule has 0 bridgehead atoms. The molecule has 0 spiro atoms. The monoisotopic (exact) mass is 418 g/mol. The Labute approximate surface area is 159 Å². The van der Waals surface area contributed by atoms with Gasteiger partial charge in [0.05, 0.1) is 0 Å². The van der Waals surface area contributed by atoms with E-state index >= 15 is 0 Å². The van der Waals surface area contributed by atoms with Gasteiger partial charge in [0, 0.05) is 24.1 Å². The number of benzene rings is 1. The second-order valence-corrected chi connectivity index (χ2v) is 6.97. The van der Waals surface area contributed by atoms with Gasteiger partial charge in [-0.25, -0.2) is 0 Å². The van der Waals surface area contributed by atoms with Gasteiger partial charge in [-0.05, 0) is 55.0 Å². The third kappa shape index (κ3) is 3.17. The number of aryl methyl sites for hydroxylation is 1. The van der Waals surface area contributed by atoms with Crippen LogP contribution in [0, 0.1) is 6.92 Å². The fourth-order valence-corrected chi connectivity index (χ4v) is 3.37. The van der Waals surface area contributed by atoms with Crippen molar-refractivity contribution in [1.29, 1.82) is 0 Å². The van der Waals surface area contributed by atoms with Gasteiger partial charge in [-0.1, -0.05) is 22.0 Å². The van der Waals surface area contributed by atoms with Crippen molar-refractivity contribution in [3.63, 3.8) is 0 Å². The number of rotatable bonds is 2. The van der Waals surface area contributed by atoms with Crippen LogP contribution in [0.2, 0.25) is 0 Å². The third-order valence-corrected chi connectivity index (χ3v) is 5.15. The molecule has 2 amide bonds. The molecular formula is C18H15BrN2O3S. The quantitative estimate of drug-likeness (QED) is 0.424. The van der Waals surface area contributed by atoms with Crippen LogP contribution < -0.4 is 0 Å². The standard InChI is InChI=1S/C18H15BrN2O3S/c1-10-4-6-12(14(19)8-10)15-7-5-11(24-15)9-13-16(22)20(2)18(25)21(3)17(13)23/h4-9H,1-3H3. The van der Waals surface area contributed by atoms with Crippen LogP contribution in [0.25, 0.3) is 17.4 Å². The first-order valence-corrected chi connectivity index (χ1v) is 8.68. The van der Waals surface area contributed by atoms with Crippen molar-refractivity contribution in [2.75, 3.05) is 14.1 Å². The Hall–Kier alpha value is -2.25. The molecule has 0 radical (unpaired) electrons. The topological polar surface area (TPSA) is 53.8 Å². The normalized spacial score (nSPS) is 15.2. The summed E-state index contributed by atoms with van der Waals surface area (Å²) in [6.07, 6.45) is 1.45. The molecule has 0 saturated carbocycles. The Kier molecular flexibility index (Phi) is 4.62. The smallest absolute Gasteiger partial charge is 0.265 e. The number of thiocarbonyl (C=S) groups is 1. The van der Waals surface area contributed by atoms with E-state index in [1.165, 1.54) is 15.9 Å². The Balaban J connectivity index is 1.97. The summed E-state index contributed by atoms with van der Waals surface area (Å²) in [5, 5.41) is 0.177. The summed E-state index contributed by atoms with van der Waals surface area (Å²) in [4.78, 5) is 27.2. The molecule has 0 aliphatic carbocycles. The van der Waals surface area contributed by atoms with E-state index in [1.54, 1.807) is 26.2 Å². The molecule has 0 atom stereocenters. The molecule has 1 saturated heterocycles. The van der Waals surface area contributed by atoms with Crippen LogP contribution in [0.5, 0.6) is 0 Å². The number of carbonyl (C=O) groups is 2. The first-order chi connectivity index (χ1) is 11.8. The second-order valence-electron chi connectivity index (χ2n) is 5.75. The Bertz CT molecular complexity index is 906. The number of hydrogen-bond donors (Lipinski definition) is 0. The predicted octanol–water partition coefficient (Wildman–Crippen LogP) is 3.62. The SMILES string of the molecule is Cc1ccc(-c2ccc(C=C3C(=O)N(C)C(=S)N(C)C3=O)o2)c(Br)c1. The van der Waals surface area contributed by atoms with Gasteiger partial charge in [0.1, 0.15) is 17.1 Å². The van der Waals surface area contributed by atoms with E-state index in [4.69, 9.17) is 16.6 Å². The van der Waals surface area contributed by atoms with Crippen LogP contribution in [-0.4, -0.2) is 40.8 Å². The maximum absolute atomic E-state index is 12.3. The van der Waals surface area contributed by atoms with Gasteiger partial charge in [0.2, 0.25) is 0 Å². The zero-order valence-corrected chi connectivity index (χ0v) is 16.3. The largest absolute Gasteiger partial charge is 0.457 e. The lowest BCUT2D eigenvalue weighted by atomic mass is 10.1. The summed E-state index contributed by atoms with van der Waals surface area (Å²) >= 11 is 8.59. The molecular weight excluding hydrogens is 404 g/mol. The first kappa shape index (κ1) is 17.6. The number of nitrogens with zero attached hydrogens (tertiary/aromatic N) is 2. The lowest BCUT2D eigenvalue weighted by molar-refractivity contribution is -0.132. The Morgan fingerprint density at radius 1 is 1.08 bits per heavy atom. The highest BCUT2D eigenvalue weighted by molar-refractivity contribution is 9.10. The molecule has 1 aromatic heterocycles. The summed E-state index contributed by atoms with van der Waals surface area (Å²) < 4.78 is 6.72. The minimum atomic E-state index is -0.442. The van der Waals surface area contributed by atoms with Gasteiger partial charge < -0.3 is 4.42 Å². The third-order valence-electron chi connectivity index (χ3n) is 3.95. The summed E-state index contributed by atoms with van der Waals surface area (Å²) in [6, 6.07) is 9.46. The van der Waals surface area contributed by atoms with Crippen molar-refractivity contribution in [2.24, 2.45) is 0 Å². The highest BCUT2D eigenvalue weighted by Gasteiger charge is 2.35. The van der Waals surface area contributed by atoms with Gasteiger partial charge in [-0.2, -0.15) is 0 Å². The average molecular weight is 419 g/mol. The number of halogens is 1. The zero-order chi connectivity index (χ0) is 18.3. The molecule has 2 aromatic rings. The van der Waals surface area contributed by atoms with Crippen LogP contribution in [0.15, 0.2) is 44.8 Å². The van der Waals surface area contributed by atoms with Crippen molar-refractivity contribution < 1.29 is 14.0 Å². The highest BCUT2D eigenvalue weighted by Crippen LogP contribution is 2.31. The fraction of sp³-hybridized carbons (Fsp3) is 0.167. The molecule has 0 N–H and O–H groups in total. The molecule has 1 aromatic carbocycles. The average Bonchev–Trinajstić information content (AvgIpc) is 3.03. The molecule has 7 heteroatoms. The number of furan rings is 1. The maximum Gasteiger partial charge on any atom is 0.265 e. The van der Waals surface area contributed by atoms with E-state index in [2.05, 4.69) is 15.9 Å². The van der Waals surface area contributed by atoms with Gasteiger partial charge in [-0.3, -0.25) is 19.4 Å². The van der Waals surface area contributed by atoms with Crippen LogP contribution in [0.1, 0.15) is 11.3 Å². The summed E-state index contributed by atoms with van der Waals surface area (Å²) in [6.45, 7) is 2.00. The van der Waals surface area contributed by atoms with E-state index in [9.17, 15) is 9.59 Å². The van der Waals surface area contributed by atoms with E-state index in [-0.39, 0.29) is 10.7 Å². The number of likely N-dealkylation sites (N-methyl/N-ethyl adjacent to an activating group) is 2. The van der Waals surface area contributed by atoms with Crippen LogP contribution >= 0.6 is 28.1 Å². The molecule has 2 heterocycles. The van der Waals surface area contributed by atoms with Gasteiger partial charge >= 0.3 is 0 Å². The molecule has 1 aliphatic rings. The molecule has 1 aliphatic heterocycles. The molecule has 25 heavy (non-hydrogen) atoms. The van der Waals surface area contributed by atoms with E-state index in [0.29, 0.717) is 11.5 Å². The van der Waals surface area contributed by atoms with Crippen LogP contribution in [0.4, 0.5) is 0 Å². The number of hydrogen-bond acceptors (Lipinski definition) is 4. The fourth-order valence-electron chi connectivity index (χ4n) is 2.51. The summed E-state index contributed by atoms with van der Waals surface area (Å²) in [5.74, 6) is 0.186. The number of carbonyl (C=O) groups excluding carboxylic acids is 2. The van der Waals surface area contributed by atoms with Crippen molar-refractivity contribution in [2.45, 2.75) is 6.92 Å². The molecule has 1 fully saturated rings. The van der Waals surface area contributed by atoms with Crippen molar-refractivity contribution in [3.05, 3.63) is 51.7 Å². The van der Waals surface area contributed by atoms with E-state index in [1.807, 2.05) is 25.1 Å². The minimum Gasteiger partial charge on any atom is -0.457 e.